The molecule has 0 aliphatic carbocycles. The third-order valence-corrected chi connectivity index (χ3v) is 7.84. The maximum Gasteiger partial charge on any atom is 0.305 e. The molecule has 0 radical (unpaired) electrons. The molecule has 0 bridgehead atoms. The minimum atomic E-state index is -0.952. The van der Waals surface area contributed by atoms with Crippen molar-refractivity contribution >= 4 is 11.9 Å². The number of ether oxygens (including phenoxy) is 2. The van der Waals surface area contributed by atoms with E-state index in [9.17, 15) is 14.7 Å². The standard InChI is InChI=1S/C35H68O5/c1-3-5-7-9-11-12-13-14-15-16-17-18-19-20-21-22-24-26-28-30-35(38)40-32-33(36)31-39-34(37)29-27-25-23-10-8-6-4-2/h33,36H,3-32H2,1-2H3/t33-/m0/s1. The molecule has 0 aliphatic heterocycles. The molecule has 0 unspecified atom stereocenters. The van der Waals surface area contributed by atoms with E-state index in [0.717, 1.165) is 32.1 Å². The van der Waals surface area contributed by atoms with Gasteiger partial charge in [-0.1, -0.05) is 168 Å². The van der Waals surface area contributed by atoms with E-state index in [4.69, 9.17) is 9.47 Å². The normalized spacial score (nSPS) is 12.0. The molecule has 0 heterocycles. The fourth-order valence-electron chi connectivity index (χ4n) is 5.14. The largest absolute Gasteiger partial charge is 0.463 e. The van der Waals surface area contributed by atoms with Crippen molar-refractivity contribution in [3.63, 3.8) is 0 Å². The second-order valence-electron chi connectivity index (χ2n) is 12.0. The zero-order chi connectivity index (χ0) is 29.4. The third kappa shape index (κ3) is 31.4. The van der Waals surface area contributed by atoms with Gasteiger partial charge >= 0.3 is 11.9 Å². The highest BCUT2D eigenvalue weighted by Gasteiger charge is 2.12. The summed E-state index contributed by atoms with van der Waals surface area (Å²) < 4.78 is 10.2. The predicted molar refractivity (Wildman–Crippen MR) is 169 cm³/mol. The number of hydrogen-bond donors (Lipinski definition) is 1. The van der Waals surface area contributed by atoms with Crippen molar-refractivity contribution in [1.29, 1.82) is 0 Å². The Hall–Kier alpha value is -1.10. The minimum absolute atomic E-state index is 0.108. The van der Waals surface area contributed by atoms with Gasteiger partial charge in [0.1, 0.15) is 19.3 Å². The average Bonchev–Trinajstić information content (AvgIpc) is 2.95. The molecule has 0 aromatic heterocycles. The van der Waals surface area contributed by atoms with Gasteiger partial charge in [-0.15, -0.1) is 0 Å². The van der Waals surface area contributed by atoms with Crippen LogP contribution in [0, 0.1) is 0 Å². The summed E-state index contributed by atoms with van der Waals surface area (Å²) >= 11 is 0. The molecule has 0 fully saturated rings. The lowest BCUT2D eigenvalue weighted by atomic mass is 10.0. The number of carbonyl (C=O) groups excluding carboxylic acids is 2. The van der Waals surface area contributed by atoms with Crippen LogP contribution in [0.3, 0.4) is 0 Å². The van der Waals surface area contributed by atoms with Gasteiger partial charge in [0.25, 0.3) is 0 Å². The fourth-order valence-corrected chi connectivity index (χ4v) is 5.14. The number of carbonyl (C=O) groups is 2. The van der Waals surface area contributed by atoms with E-state index in [-0.39, 0.29) is 25.2 Å². The Kier molecular flexibility index (Phi) is 31.5. The SMILES string of the molecule is CCCCCCCCCCCCCCCCCCCCCC(=O)OC[C@@H](O)COC(=O)CCCCCCCCC. The van der Waals surface area contributed by atoms with Crippen molar-refractivity contribution in [3.05, 3.63) is 0 Å². The molecule has 0 saturated carbocycles. The number of hydrogen-bond acceptors (Lipinski definition) is 5. The van der Waals surface area contributed by atoms with Crippen molar-refractivity contribution < 1.29 is 24.2 Å². The first-order valence-corrected chi connectivity index (χ1v) is 17.6. The number of aliphatic hydroxyl groups is 1. The summed E-state index contributed by atoms with van der Waals surface area (Å²) in [5.41, 5.74) is 0. The molecular weight excluding hydrogens is 500 g/mol. The van der Waals surface area contributed by atoms with E-state index < -0.39 is 6.10 Å². The lowest BCUT2D eigenvalue weighted by Crippen LogP contribution is -2.25. The number of rotatable bonds is 32. The van der Waals surface area contributed by atoms with Crippen molar-refractivity contribution in [2.24, 2.45) is 0 Å². The molecule has 1 atom stereocenters. The smallest absolute Gasteiger partial charge is 0.305 e. The summed E-state index contributed by atoms with van der Waals surface area (Å²) in [6.07, 6.45) is 33.1. The molecule has 5 heteroatoms. The Bertz CT molecular complexity index is 536. The minimum Gasteiger partial charge on any atom is -0.463 e. The number of aliphatic hydroxyl groups excluding tert-OH is 1. The monoisotopic (exact) mass is 569 g/mol. The molecular formula is C35H68O5. The third-order valence-electron chi connectivity index (χ3n) is 7.84. The highest BCUT2D eigenvalue weighted by atomic mass is 16.6. The molecule has 0 spiro atoms. The van der Waals surface area contributed by atoms with E-state index >= 15 is 0 Å². The quantitative estimate of drug-likeness (QED) is 0.0645. The van der Waals surface area contributed by atoms with E-state index in [1.807, 2.05) is 0 Å². The van der Waals surface area contributed by atoms with Crippen LogP contribution in [0.1, 0.15) is 194 Å². The van der Waals surface area contributed by atoms with Crippen LogP contribution in [-0.4, -0.2) is 36.4 Å². The molecule has 0 amide bonds. The first kappa shape index (κ1) is 38.9. The Balaban J connectivity index is 3.34. The Morgan fingerprint density at radius 1 is 0.425 bits per heavy atom. The molecule has 0 saturated heterocycles. The highest BCUT2D eigenvalue weighted by Crippen LogP contribution is 2.15. The molecule has 238 valence electrons. The second-order valence-corrected chi connectivity index (χ2v) is 12.0. The van der Waals surface area contributed by atoms with Gasteiger partial charge in [0.2, 0.25) is 0 Å². The molecule has 40 heavy (non-hydrogen) atoms. The summed E-state index contributed by atoms with van der Waals surface area (Å²) in [5.74, 6) is -0.562. The van der Waals surface area contributed by atoms with Gasteiger partial charge in [-0.05, 0) is 12.8 Å². The van der Waals surface area contributed by atoms with Crippen LogP contribution in [0.4, 0.5) is 0 Å². The summed E-state index contributed by atoms with van der Waals surface area (Å²) in [5, 5.41) is 9.92. The topological polar surface area (TPSA) is 72.8 Å². The second kappa shape index (κ2) is 32.4. The molecule has 0 aromatic carbocycles. The zero-order valence-corrected chi connectivity index (χ0v) is 26.9. The Labute approximate surface area is 248 Å². The first-order valence-electron chi connectivity index (χ1n) is 17.6. The summed E-state index contributed by atoms with van der Waals surface area (Å²) in [6.45, 7) is 4.27. The van der Waals surface area contributed by atoms with Crippen LogP contribution in [0.25, 0.3) is 0 Å². The van der Waals surface area contributed by atoms with Gasteiger partial charge in [0.15, 0.2) is 0 Å². The Morgan fingerprint density at radius 2 is 0.650 bits per heavy atom. The van der Waals surface area contributed by atoms with Crippen LogP contribution in [0.15, 0.2) is 0 Å². The molecule has 5 nitrogen and oxygen atoms in total. The summed E-state index contributed by atoms with van der Waals surface area (Å²) in [6, 6.07) is 0. The fraction of sp³-hybridized carbons (Fsp3) is 0.943. The van der Waals surface area contributed by atoms with Crippen LogP contribution in [0.2, 0.25) is 0 Å². The molecule has 0 aromatic rings. The summed E-state index contributed by atoms with van der Waals surface area (Å²) in [4.78, 5) is 23.7. The first-order chi connectivity index (χ1) is 19.6. The van der Waals surface area contributed by atoms with E-state index in [2.05, 4.69) is 13.8 Å². The predicted octanol–water partition coefficient (Wildman–Crippen LogP) is 10.4. The van der Waals surface area contributed by atoms with E-state index in [1.54, 1.807) is 0 Å². The van der Waals surface area contributed by atoms with Crippen LogP contribution in [0.5, 0.6) is 0 Å². The average molecular weight is 569 g/mol. The van der Waals surface area contributed by atoms with E-state index in [1.165, 1.54) is 135 Å². The Morgan fingerprint density at radius 3 is 0.900 bits per heavy atom. The lowest BCUT2D eigenvalue weighted by Gasteiger charge is -2.12. The van der Waals surface area contributed by atoms with Crippen LogP contribution < -0.4 is 0 Å². The van der Waals surface area contributed by atoms with Crippen LogP contribution >= 0.6 is 0 Å². The van der Waals surface area contributed by atoms with Crippen molar-refractivity contribution in [1.82, 2.24) is 0 Å². The van der Waals surface area contributed by atoms with Crippen molar-refractivity contribution in [2.75, 3.05) is 13.2 Å². The maximum atomic E-state index is 11.9. The summed E-state index contributed by atoms with van der Waals surface area (Å²) in [7, 11) is 0. The zero-order valence-electron chi connectivity index (χ0n) is 26.9. The van der Waals surface area contributed by atoms with Crippen LogP contribution in [-0.2, 0) is 19.1 Å². The molecule has 0 aliphatic rings. The van der Waals surface area contributed by atoms with Gasteiger partial charge < -0.3 is 14.6 Å². The molecule has 1 N–H and O–H groups in total. The van der Waals surface area contributed by atoms with E-state index in [0.29, 0.717) is 12.8 Å². The number of esters is 2. The van der Waals surface area contributed by atoms with Gasteiger partial charge in [-0.3, -0.25) is 9.59 Å². The van der Waals surface area contributed by atoms with Crippen molar-refractivity contribution in [3.8, 4) is 0 Å². The van der Waals surface area contributed by atoms with Gasteiger partial charge in [-0.25, -0.2) is 0 Å². The van der Waals surface area contributed by atoms with Crippen molar-refractivity contribution in [2.45, 2.75) is 200 Å². The van der Waals surface area contributed by atoms with Gasteiger partial charge in [0.05, 0.1) is 0 Å². The van der Waals surface area contributed by atoms with Gasteiger partial charge in [0, 0.05) is 12.8 Å². The van der Waals surface area contributed by atoms with Gasteiger partial charge in [-0.2, -0.15) is 0 Å². The maximum absolute atomic E-state index is 11.9. The molecule has 0 rings (SSSR count). The lowest BCUT2D eigenvalue weighted by molar-refractivity contribution is -0.152. The highest BCUT2D eigenvalue weighted by molar-refractivity contribution is 5.69. The number of unbranched alkanes of at least 4 members (excludes halogenated alkanes) is 24.